The molecular weight excluding hydrogens is 268 g/mol. The number of ether oxygens (including phenoxy) is 2. The van der Waals surface area contributed by atoms with E-state index in [-0.39, 0.29) is 6.61 Å². The number of alkyl carbamates (subject to hydrolysis) is 1. The van der Waals surface area contributed by atoms with Crippen molar-refractivity contribution in [2.75, 3.05) is 13.7 Å². The molecule has 1 heterocycles. The van der Waals surface area contributed by atoms with Crippen molar-refractivity contribution in [3.05, 3.63) is 16.1 Å². The smallest absolute Gasteiger partial charge is 0.408 e. The highest BCUT2D eigenvalue weighted by Crippen LogP contribution is 2.19. The van der Waals surface area contributed by atoms with E-state index in [2.05, 4.69) is 10.3 Å². The summed E-state index contributed by atoms with van der Waals surface area (Å²) in [6, 6.07) is -0.432. The first-order valence-corrected chi connectivity index (χ1v) is 6.62. The summed E-state index contributed by atoms with van der Waals surface area (Å²) in [6.45, 7) is 5.61. The molecule has 1 atom stereocenters. The third-order valence-electron chi connectivity index (χ3n) is 1.98. The molecule has 1 amide bonds. The lowest BCUT2D eigenvalue weighted by Crippen LogP contribution is -2.36. The molecule has 1 rings (SSSR count). The summed E-state index contributed by atoms with van der Waals surface area (Å²) in [5.41, 5.74) is -0.231. The van der Waals surface area contributed by atoms with Crippen molar-refractivity contribution in [2.24, 2.45) is 0 Å². The van der Waals surface area contributed by atoms with Gasteiger partial charge in [0.25, 0.3) is 0 Å². The normalized spacial score (nSPS) is 12.8. The van der Waals surface area contributed by atoms with E-state index >= 15 is 0 Å². The Balaban J connectivity index is 2.72. The standard InChI is InChI=1S/C12H18N2O4S/c1-12(2,3)18-11(16)14-9(6-17-4)10-13-8(5-15)7-19-10/h5,7,9H,6H2,1-4H3,(H,14,16)/t9-/m0/s1. The number of carbonyl (C=O) groups excluding carboxylic acids is 2. The molecule has 6 nitrogen and oxygen atoms in total. The Morgan fingerprint density at radius 3 is 2.74 bits per heavy atom. The van der Waals surface area contributed by atoms with Gasteiger partial charge in [0.2, 0.25) is 0 Å². The quantitative estimate of drug-likeness (QED) is 0.839. The first-order chi connectivity index (χ1) is 8.85. The molecule has 0 aromatic carbocycles. The van der Waals surface area contributed by atoms with Crippen LogP contribution in [0.5, 0.6) is 0 Å². The summed E-state index contributed by atoms with van der Waals surface area (Å²) < 4.78 is 10.2. The fourth-order valence-electron chi connectivity index (χ4n) is 1.31. The van der Waals surface area contributed by atoms with Crippen LogP contribution < -0.4 is 5.32 Å². The van der Waals surface area contributed by atoms with Gasteiger partial charge >= 0.3 is 6.09 Å². The topological polar surface area (TPSA) is 77.5 Å². The third kappa shape index (κ3) is 5.35. The average Bonchev–Trinajstić information content (AvgIpc) is 2.74. The van der Waals surface area contributed by atoms with Crippen LogP contribution in [0.25, 0.3) is 0 Å². The van der Waals surface area contributed by atoms with Gasteiger partial charge in [-0.05, 0) is 20.8 Å². The maximum absolute atomic E-state index is 11.7. The van der Waals surface area contributed by atoms with Gasteiger partial charge < -0.3 is 14.8 Å². The van der Waals surface area contributed by atoms with Crippen molar-refractivity contribution in [2.45, 2.75) is 32.4 Å². The van der Waals surface area contributed by atoms with Crippen molar-refractivity contribution < 1.29 is 19.1 Å². The van der Waals surface area contributed by atoms with Crippen LogP contribution in [0.4, 0.5) is 4.79 Å². The molecule has 7 heteroatoms. The molecule has 0 saturated heterocycles. The van der Waals surface area contributed by atoms with Crippen LogP contribution in [0.2, 0.25) is 0 Å². The van der Waals surface area contributed by atoms with Crippen molar-refractivity contribution in [1.82, 2.24) is 10.3 Å². The lowest BCUT2D eigenvalue weighted by atomic mass is 10.2. The van der Waals surface area contributed by atoms with E-state index < -0.39 is 17.7 Å². The monoisotopic (exact) mass is 286 g/mol. The summed E-state index contributed by atoms with van der Waals surface area (Å²) in [4.78, 5) is 26.4. The predicted octanol–water partition coefficient (Wildman–Crippen LogP) is 2.17. The molecule has 19 heavy (non-hydrogen) atoms. The van der Waals surface area contributed by atoms with Gasteiger partial charge in [-0.3, -0.25) is 4.79 Å². The van der Waals surface area contributed by atoms with Crippen molar-refractivity contribution >= 4 is 23.7 Å². The van der Waals surface area contributed by atoms with Gasteiger partial charge in [0, 0.05) is 12.5 Å². The van der Waals surface area contributed by atoms with Gasteiger partial charge in [-0.1, -0.05) is 0 Å². The van der Waals surface area contributed by atoms with Gasteiger partial charge in [-0.25, -0.2) is 9.78 Å². The Morgan fingerprint density at radius 1 is 1.58 bits per heavy atom. The Hall–Kier alpha value is -1.47. The number of amides is 1. The van der Waals surface area contributed by atoms with E-state index in [9.17, 15) is 9.59 Å². The molecule has 0 aliphatic heterocycles. The highest BCUT2D eigenvalue weighted by atomic mass is 32.1. The van der Waals surface area contributed by atoms with Crippen molar-refractivity contribution in [1.29, 1.82) is 0 Å². The highest BCUT2D eigenvalue weighted by Gasteiger charge is 2.22. The average molecular weight is 286 g/mol. The molecule has 0 saturated carbocycles. The van der Waals surface area contributed by atoms with Crippen LogP contribution in [-0.4, -0.2) is 36.7 Å². The molecule has 1 aromatic rings. The third-order valence-corrected chi connectivity index (χ3v) is 2.96. The van der Waals surface area contributed by atoms with E-state index in [1.807, 2.05) is 0 Å². The Morgan fingerprint density at radius 2 is 2.26 bits per heavy atom. The number of nitrogens with zero attached hydrogens (tertiary/aromatic N) is 1. The molecule has 0 radical (unpaired) electrons. The molecule has 0 fully saturated rings. The lowest BCUT2D eigenvalue weighted by Gasteiger charge is -2.22. The minimum atomic E-state index is -0.571. The lowest BCUT2D eigenvalue weighted by molar-refractivity contribution is 0.0467. The minimum Gasteiger partial charge on any atom is -0.444 e. The number of methoxy groups -OCH3 is 1. The zero-order chi connectivity index (χ0) is 14.5. The van der Waals surface area contributed by atoms with Crippen LogP contribution in [0.15, 0.2) is 5.38 Å². The molecular formula is C12H18N2O4S. The van der Waals surface area contributed by atoms with E-state index in [0.29, 0.717) is 17.0 Å². The van der Waals surface area contributed by atoms with Gasteiger partial charge in [-0.2, -0.15) is 0 Å². The summed E-state index contributed by atoms with van der Waals surface area (Å²) in [5.74, 6) is 0. The number of hydrogen-bond acceptors (Lipinski definition) is 6. The van der Waals surface area contributed by atoms with E-state index in [1.54, 1.807) is 26.2 Å². The second-order valence-electron chi connectivity index (χ2n) is 4.88. The summed E-state index contributed by atoms with van der Waals surface area (Å²) in [6.07, 6.45) is 0.120. The van der Waals surface area contributed by atoms with Crippen LogP contribution >= 0.6 is 11.3 Å². The molecule has 0 spiro atoms. The number of aromatic nitrogens is 1. The maximum atomic E-state index is 11.7. The molecule has 0 bridgehead atoms. The number of aldehydes is 1. The minimum absolute atomic E-state index is 0.255. The number of thiazole rings is 1. The Bertz CT molecular complexity index is 439. The van der Waals surface area contributed by atoms with Crippen LogP contribution in [-0.2, 0) is 9.47 Å². The van der Waals surface area contributed by atoms with Crippen LogP contribution in [0.3, 0.4) is 0 Å². The number of rotatable bonds is 5. The van der Waals surface area contributed by atoms with Gasteiger partial charge in [-0.15, -0.1) is 11.3 Å². The van der Waals surface area contributed by atoms with Crippen molar-refractivity contribution in [3.63, 3.8) is 0 Å². The number of nitrogens with one attached hydrogen (secondary N) is 1. The number of carbonyl (C=O) groups is 2. The molecule has 1 aromatic heterocycles. The SMILES string of the molecule is COC[C@H](NC(=O)OC(C)(C)C)c1nc(C=O)cs1. The van der Waals surface area contributed by atoms with Gasteiger partial charge in [0.15, 0.2) is 6.29 Å². The zero-order valence-electron chi connectivity index (χ0n) is 11.4. The fourth-order valence-corrected chi connectivity index (χ4v) is 2.11. The first-order valence-electron chi connectivity index (χ1n) is 5.74. The predicted molar refractivity (Wildman–Crippen MR) is 71.5 cm³/mol. The van der Waals surface area contributed by atoms with Gasteiger partial charge in [0.05, 0.1) is 6.61 Å². The van der Waals surface area contributed by atoms with Gasteiger partial charge in [0.1, 0.15) is 22.3 Å². The van der Waals surface area contributed by atoms with Crippen LogP contribution in [0, 0.1) is 0 Å². The largest absolute Gasteiger partial charge is 0.444 e. The maximum Gasteiger partial charge on any atom is 0.408 e. The molecule has 0 unspecified atom stereocenters. The fraction of sp³-hybridized carbons (Fsp3) is 0.583. The molecule has 0 aliphatic rings. The summed E-state index contributed by atoms with van der Waals surface area (Å²) >= 11 is 1.29. The summed E-state index contributed by atoms with van der Waals surface area (Å²) in [5, 5.41) is 4.91. The summed E-state index contributed by atoms with van der Waals surface area (Å²) in [7, 11) is 1.53. The molecule has 1 N–H and O–H groups in total. The van der Waals surface area contributed by atoms with Crippen molar-refractivity contribution in [3.8, 4) is 0 Å². The zero-order valence-corrected chi connectivity index (χ0v) is 12.2. The number of hydrogen-bond donors (Lipinski definition) is 1. The second-order valence-corrected chi connectivity index (χ2v) is 5.77. The Labute approximate surface area is 116 Å². The van der Waals surface area contributed by atoms with E-state index in [1.165, 1.54) is 18.4 Å². The first kappa shape index (κ1) is 15.6. The van der Waals surface area contributed by atoms with E-state index in [0.717, 1.165) is 0 Å². The Kier molecular flexibility index (Phi) is 5.44. The highest BCUT2D eigenvalue weighted by molar-refractivity contribution is 7.09. The van der Waals surface area contributed by atoms with E-state index in [4.69, 9.17) is 9.47 Å². The van der Waals surface area contributed by atoms with Crippen LogP contribution in [0.1, 0.15) is 42.3 Å². The molecule has 0 aliphatic carbocycles. The second kappa shape index (κ2) is 6.63. The molecule has 106 valence electrons.